The molecule has 2 aromatic heterocycles. The first-order chi connectivity index (χ1) is 25.9. The zero-order chi connectivity index (χ0) is 38.7. The molecule has 4 N–H and O–H groups in total. The lowest BCUT2D eigenvalue weighted by Crippen LogP contribution is -2.26. The van der Waals surface area contributed by atoms with Crippen molar-refractivity contribution in [3.8, 4) is 0 Å². The van der Waals surface area contributed by atoms with Crippen LogP contribution in [0.3, 0.4) is 0 Å². The number of nitro benzene ring substituents is 1. The average molecular weight is 767 g/mol. The lowest BCUT2D eigenvalue weighted by molar-refractivity contribution is -0.383. The summed E-state index contributed by atoms with van der Waals surface area (Å²) in [6.07, 6.45) is 6.73. The molecule has 278 valence electrons. The number of rotatable bonds is 13. The summed E-state index contributed by atoms with van der Waals surface area (Å²) < 4.78 is 53.2. The Hall–Kier alpha value is -6.52. The molecule has 0 aliphatic carbocycles. The number of sulfonamides is 2. The largest absolute Gasteiger partial charge is 0.397 e. The van der Waals surface area contributed by atoms with Crippen LogP contribution in [0.25, 0.3) is 0 Å². The molecule has 0 atom stereocenters. The molecule has 2 heterocycles. The molecule has 6 aromatic rings. The van der Waals surface area contributed by atoms with Gasteiger partial charge in [0.15, 0.2) is 0 Å². The third-order valence-corrected chi connectivity index (χ3v) is 11.8. The SMILES string of the molecule is CN(c1ccc(NCc2ccncc2)c(N)c1)S(=O)(=O)c1ccccc1.CN(c1ccc(NCc2ccncc2)c([N+](=O)[O-])c1)S(=O)(=O)c1ccccc1. The second-order valence-corrected chi connectivity index (χ2v) is 15.7. The minimum atomic E-state index is -3.82. The first-order valence-electron chi connectivity index (χ1n) is 16.4. The van der Waals surface area contributed by atoms with Gasteiger partial charge in [-0.05, 0) is 90.0 Å². The molecule has 0 spiro atoms. The predicted molar refractivity (Wildman–Crippen MR) is 211 cm³/mol. The number of nitrogens with zero attached hydrogens (tertiary/aromatic N) is 5. The Bertz CT molecular complexity index is 2390. The molecule has 4 aromatic carbocycles. The van der Waals surface area contributed by atoms with Crippen LogP contribution in [0.5, 0.6) is 0 Å². The van der Waals surface area contributed by atoms with Crippen LogP contribution >= 0.6 is 0 Å². The number of hydrogen-bond donors (Lipinski definition) is 3. The van der Waals surface area contributed by atoms with Crippen molar-refractivity contribution < 1.29 is 21.8 Å². The van der Waals surface area contributed by atoms with Crippen LogP contribution in [0.2, 0.25) is 0 Å². The zero-order valence-corrected chi connectivity index (χ0v) is 31.0. The van der Waals surface area contributed by atoms with Crippen molar-refractivity contribution in [1.29, 1.82) is 0 Å². The van der Waals surface area contributed by atoms with Gasteiger partial charge in [0, 0.05) is 58.0 Å². The van der Waals surface area contributed by atoms with Crippen molar-refractivity contribution in [3.63, 3.8) is 0 Å². The standard InChI is InChI=1S/C19H18N4O4S.C19H20N4O2S/c1-22(28(26,27)17-5-3-2-4-6-17)16-7-8-18(19(13-16)23(24)25)21-14-15-9-11-20-12-10-15;1-23(26(24,25)17-5-3-2-4-6-17)16-7-8-19(18(20)13-16)22-14-15-9-11-21-12-10-15/h2-13,21H,14H2,1H3;2-13,22H,14,20H2,1H3. The number of nitrogens with two attached hydrogens (primary N) is 1. The van der Waals surface area contributed by atoms with Crippen molar-refractivity contribution in [3.05, 3.63) is 167 Å². The van der Waals surface area contributed by atoms with Crippen molar-refractivity contribution in [2.24, 2.45) is 0 Å². The summed E-state index contributed by atoms with van der Waals surface area (Å²) in [6.45, 7) is 0.977. The van der Waals surface area contributed by atoms with Gasteiger partial charge >= 0.3 is 0 Å². The van der Waals surface area contributed by atoms with E-state index in [0.29, 0.717) is 30.2 Å². The van der Waals surface area contributed by atoms with E-state index in [4.69, 9.17) is 5.73 Å². The fraction of sp³-hybridized carbons (Fsp3) is 0.105. The fourth-order valence-corrected chi connectivity index (χ4v) is 7.51. The lowest BCUT2D eigenvalue weighted by Gasteiger charge is -2.21. The van der Waals surface area contributed by atoms with Gasteiger partial charge in [-0.15, -0.1) is 0 Å². The predicted octanol–water partition coefficient (Wildman–Crippen LogP) is 6.53. The van der Waals surface area contributed by atoms with E-state index in [2.05, 4.69) is 20.6 Å². The van der Waals surface area contributed by atoms with Gasteiger partial charge in [-0.3, -0.25) is 28.7 Å². The highest BCUT2D eigenvalue weighted by Gasteiger charge is 2.24. The van der Waals surface area contributed by atoms with Crippen molar-refractivity contribution in [1.82, 2.24) is 9.97 Å². The normalized spacial score (nSPS) is 11.1. The minimum absolute atomic E-state index is 0.111. The lowest BCUT2D eigenvalue weighted by atomic mass is 10.2. The fourth-order valence-electron chi connectivity index (χ4n) is 5.10. The van der Waals surface area contributed by atoms with Crippen molar-refractivity contribution >= 4 is 54.2 Å². The Labute approximate surface area is 314 Å². The monoisotopic (exact) mass is 766 g/mol. The molecule has 0 unspecified atom stereocenters. The van der Waals surface area contributed by atoms with Crippen LogP contribution < -0.4 is 25.0 Å². The van der Waals surface area contributed by atoms with Crippen LogP contribution in [0.4, 0.5) is 34.1 Å². The number of aromatic nitrogens is 2. The van der Waals surface area contributed by atoms with Crippen LogP contribution in [0.15, 0.2) is 156 Å². The topological polar surface area (TPSA) is 194 Å². The second-order valence-electron chi connectivity index (χ2n) is 11.7. The van der Waals surface area contributed by atoms with Crippen LogP contribution in [0.1, 0.15) is 11.1 Å². The summed E-state index contributed by atoms with van der Waals surface area (Å²) >= 11 is 0. The van der Waals surface area contributed by atoms with Crippen LogP contribution in [-0.2, 0) is 33.1 Å². The number of nitro groups is 1. The van der Waals surface area contributed by atoms with Crippen LogP contribution in [0, 0.1) is 10.1 Å². The van der Waals surface area contributed by atoms with E-state index in [1.54, 1.807) is 104 Å². The molecule has 54 heavy (non-hydrogen) atoms. The van der Waals surface area contributed by atoms with Gasteiger partial charge in [0.05, 0.1) is 37.5 Å². The summed E-state index contributed by atoms with van der Waals surface area (Å²) in [5, 5.41) is 17.8. The average Bonchev–Trinajstić information content (AvgIpc) is 3.20. The molecular formula is C38H38N8O6S2. The third kappa shape index (κ3) is 9.47. The van der Waals surface area contributed by atoms with E-state index in [1.165, 1.54) is 48.7 Å². The number of pyridine rings is 2. The number of nitrogen functional groups attached to an aromatic ring is 1. The molecule has 0 saturated heterocycles. The Kier molecular flexibility index (Phi) is 12.4. The van der Waals surface area contributed by atoms with Crippen molar-refractivity contribution in [2.45, 2.75) is 22.9 Å². The number of anilines is 5. The molecule has 0 aliphatic rings. The molecule has 0 saturated carbocycles. The highest BCUT2D eigenvalue weighted by atomic mass is 32.2. The molecule has 16 heteroatoms. The summed E-state index contributed by atoms with van der Waals surface area (Å²) in [5.41, 5.74) is 10.1. The van der Waals surface area contributed by atoms with Gasteiger partial charge in [0.2, 0.25) is 0 Å². The summed E-state index contributed by atoms with van der Waals surface area (Å²) in [7, 11) is -4.56. The first kappa shape index (κ1) is 38.7. The first-order valence-corrected chi connectivity index (χ1v) is 19.3. The third-order valence-electron chi connectivity index (χ3n) is 8.21. The zero-order valence-electron chi connectivity index (χ0n) is 29.4. The van der Waals surface area contributed by atoms with E-state index in [1.807, 2.05) is 12.1 Å². The van der Waals surface area contributed by atoms with E-state index in [-0.39, 0.29) is 21.2 Å². The maximum absolute atomic E-state index is 12.7. The number of hydrogen-bond acceptors (Lipinski definition) is 11. The maximum Gasteiger partial charge on any atom is 0.294 e. The van der Waals surface area contributed by atoms with Gasteiger partial charge in [-0.2, -0.15) is 0 Å². The second kappa shape index (κ2) is 17.3. The minimum Gasteiger partial charge on any atom is -0.397 e. The summed E-state index contributed by atoms with van der Waals surface area (Å²) in [4.78, 5) is 19.2. The molecule has 6 rings (SSSR count). The Morgan fingerprint density at radius 3 is 1.44 bits per heavy atom. The number of nitrogens with one attached hydrogen (secondary N) is 2. The highest BCUT2D eigenvalue weighted by molar-refractivity contribution is 7.93. The summed E-state index contributed by atoms with van der Waals surface area (Å²) in [5.74, 6) is 0. The smallest absolute Gasteiger partial charge is 0.294 e. The van der Waals surface area contributed by atoms with Gasteiger partial charge in [0.1, 0.15) is 5.69 Å². The van der Waals surface area contributed by atoms with Gasteiger partial charge in [-0.25, -0.2) is 16.8 Å². The van der Waals surface area contributed by atoms with Gasteiger partial charge < -0.3 is 16.4 Å². The van der Waals surface area contributed by atoms with E-state index < -0.39 is 25.0 Å². The Morgan fingerprint density at radius 1 is 0.611 bits per heavy atom. The molecule has 0 bridgehead atoms. The molecule has 0 aliphatic heterocycles. The molecule has 0 amide bonds. The molecule has 14 nitrogen and oxygen atoms in total. The van der Waals surface area contributed by atoms with Gasteiger partial charge in [0.25, 0.3) is 25.7 Å². The van der Waals surface area contributed by atoms with E-state index in [0.717, 1.165) is 21.1 Å². The Morgan fingerprint density at radius 2 is 1.02 bits per heavy atom. The quantitative estimate of drug-likeness (QED) is 0.0658. The molecule has 0 radical (unpaired) electrons. The molecular weight excluding hydrogens is 729 g/mol. The van der Waals surface area contributed by atoms with E-state index >= 15 is 0 Å². The van der Waals surface area contributed by atoms with Crippen LogP contribution in [-0.4, -0.2) is 45.8 Å². The van der Waals surface area contributed by atoms with Gasteiger partial charge in [-0.1, -0.05) is 36.4 Å². The van der Waals surface area contributed by atoms with E-state index in [9.17, 15) is 26.9 Å². The van der Waals surface area contributed by atoms with Crippen molar-refractivity contribution in [2.75, 3.05) is 39.1 Å². The Balaban J connectivity index is 0.000000208. The highest BCUT2D eigenvalue weighted by Crippen LogP contribution is 2.32. The molecule has 0 fully saturated rings. The number of benzene rings is 4. The summed E-state index contributed by atoms with van der Waals surface area (Å²) in [6, 6.07) is 33.1. The maximum atomic E-state index is 12.7.